The highest BCUT2D eigenvalue weighted by Gasteiger charge is 2.59. The van der Waals surface area contributed by atoms with E-state index >= 15 is 0 Å². The quantitative estimate of drug-likeness (QED) is 0.707. The van der Waals surface area contributed by atoms with Gasteiger partial charge in [0.05, 0.1) is 12.7 Å². The first-order valence-corrected chi connectivity index (χ1v) is 6.68. The average molecular weight is 227 g/mol. The number of ether oxygens (including phenoxy) is 1. The molecule has 2 saturated carbocycles. The summed E-state index contributed by atoms with van der Waals surface area (Å²) >= 11 is 0. The summed E-state index contributed by atoms with van der Waals surface area (Å²) in [4.78, 5) is 5.55. The van der Waals surface area contributed by atoms with E-state index < -0.39 is 0 Å². The summed E-state index contributed by atoms with van der Waals surface area (Å²) in [5.41, 5.74) is 3.66. The Labute approximate surface area is 98.8 Å². The van der Waals surface area contributed by atoms with Gasteiger partial charge in [-0.15, -0.1) is 0 Å². The molecule has 2 rings (SSSR count). The molecule has 0 aromatic carbocycles. The predicted octanol–water partition coefficient (Wildman–Crippen LogP) is 2.51. The van der Waals surface area contributed by atoms with Gasteiger partial charge in [-0.3, -0.25) is 0 Å². The molecule has 0 aromatic heterocycles. The maximum absolute atomic E-state index is 5.80. The zero-order chi connectivity index (χ0) is 11.6. The molecule has 1 spiro atoms. The third-order valence-electron chi connectivity index (χ3n) is 4.08. The Morgan fingerprint density at radius 1 is 1.38 bits per heavy atom. The summed E-state index contributed by atoms with van der Waals surface area (Å²) in [7, 11) is 0. The fourth-order valence-corrected chi connectivity index (χ4v) is 2.92. The van der Waals surface area contributed by atoms with Crippen LogP contribution in [0, 0.1) is 11.3 Å². The second kappa shape index (κ2) is 5.03. The smallest absolute Gasteiger partial charge is 0.0705 e. The van der Waals surface area contributed by atoms with E-state index in [1.807, 2.05) is 0 Å². The van der Waals surface area contributed by atoms with Crippen LogP contribution in [-0.2, 0) is 9.57 Å². The van der Waals surface area contributed by atoms with Crippen LogP contribution in [0.4, 0.5) is 0 Å². The van der Waals surface area contributed by atoms with Crippen molar-refractivity contribution >= 4 is 0 Å². The summed E-state index contributed by atoms with van der Waals surface area (Å²) in [6, 6.07) is 0.525. The maximum atomic E-state index is 5.80. The molecule has 0 bridgehead atoms. The molecule has 0 aromatic rings. The van der Waals surface area contributed by atoms with E-state index in [-0.39, 0.29) is 0 Å². The van der Waals surface area contributed by atoms with Crippen molar-refractivity contribution < 1.29 is 9.57 Å². The molecule has 2 aliphatic carbocycles. The molecule has 2 atom stereocenters. The first-order chi connectivity index (χ1) is 7.69. The number of hydroxylamine groups is 1. The standard InChI is InChI=1S/C13H25NO2/c1-4-15-12-8-11(13(12)6-5-7-13)14-16-9-10(2)3/h10-12,14H,4-9H2,1-3H3. The minimum atomic E-state index is 0.410. The van der Waals surface area contributed by atoms with E-state index in [4.69, 9.17) is 9.57 Å². The summed E-state index contributed by atoms with van der Waals surface area (Å²) in [6.07, 6.45) is 5.56. The van der Waals surface area contributed by atoms with Crippen molar-refractivity contribution in [3.05, 3.63) is 0 Å². The van der Waals surface area contributed by atoms with E-state index in [9.17, 15) is 0 Å². The van der Waals surface area contributed by atoms with E-state index in [1.54, 1.807) is 0 Å². The molecule has 2 fully saturated rings. The van der Waals surface area contributed by atoms with Gasteiger partial charge in [-0.2, -0.15) is 5.48 Å². The van der Waals surface area contributed by atoms with Crippen molar-refractivity contribution in [2.75, 3.05) is 13.2 Å². The fraction of sp³-hybridized carbons (Fsp3) is 1.00. The van der Waals surface area contributed by atoms with Crippen LogP contribution >= 0.6 is 0 Å². The van der Waals surface area contributed by atoms with Crippen LogP contribution in [-0.4, -0.2) is 25.4 Å². The fourth-order valence-electron chi connectivity index (χ4n) is 2.92. The highest BCUT2D eigenvalue weighted by molar-refractivity contribution is 5.11. The maximum Gasteiger partial charge on any atom is 0.0705 e. The zero-order valence-electron chi connectivity index (χ0n) is 10.8. The number of rotatable bonds is 6. The zero-order valence-corrected chi connectivity index (χ0v) is 10.8. The van der Waals surface area contributed by atoms with Gasteiger partial charge >= 0.3 is 0 Å². The normalized spacial score (nSPS) is 31.5. The van der Waals surface area contributed by atoms with Crippen LogP contribution in [0.25, 0.3) is 0 Å². The molecule has 0 heterocycles. The third kappa shape index (κ3) is 2.13. The lowest BCUT2D eigenvalue weighted by atomic mass is 9.51. The van der Waals surface area contributed by atoms with Gasteiger partial charge in [-0.05, 0) is 32.1 Å². The van der Waals surface area contributed by atoms with E-state index in [0.717, 1.165) is 19.6 Å². The highest BCUT2D eigenvalue weighted by Crippen LogP contribution is 2.57. The Morgan fingerprint density at radius 2 is 2.12 bits per heavy atom. The van der Waals surface area contributed by atoms with Crippen LogP contribution in [0.5, 0.6) is 0 Å². The highest BCUT2D eigenvalue weighted by atomic mass is 16.6. The van der Waals surface area contributed by atoms with Crippen molar-refractivity contribution in [3.8, 4) is 0 Å². The van der Waals surface area contributed by atoms with Crippen molar-refractivity contribution in [2.24, 2.45) is 11.3 Å². The number of hydrogen-bond acceptors (Lipinski definition) is 3. The molecule has 1 N–H and O–H groups in total. The van der Waals surface area contributed by atoms with Gasteiger partial charge in [0.2, 0.25) is 0 Å². The second-order valence-electron chi connectivity index (χ2n) is 5.64. The largest absolute Gasteiger partial charge is 0.378 e. The summed E-state index contributed by atoms with van der Waals surface area (Å²) < 4.78 is 5.80. The van der Waals surface area contributed by atoms with Gasteiger partial charge in [-0.1, -0.05) is 20.3 Å². The molecule has 0 amide bonds. The minimum absolute atomic E-state index is 0.410. The van der Waals surface area contributed by atoms with Gasteiger partial charge in [0.1, 0.15) is 0 Å². The van der Waals surface area contributed by atoms with Crippen LogP contribution in [0.1, 0.15) is 46.5 Å². The van der Waals surface area contributed by atoms with Gasteiger partial charge in [0, 0.05) is 18.1 Å². The number of hydrogen-bond donors (Lipinski definition) is 1. The van der Waals surface area contributed by atoms with Crippen LogP contribution in [0.2, 0.25) is 0 Å². The van der Waals surface area contributed by atoms with Gasteiger partial charge < -0.3 is 9.57 Å². The summed E-state index contributed by atoms with van der Waals surface area (Å²) in [5, 5.41) is 0. The molecular formula is C13H25NO2. The molecule has 3 nitrogen and oxygen atoms in total. The van der Waals surface area contributed by atoms with Crippen LogP contribution in [0.15, 0.2) is 0 Å². The molecule has 2 unspecified atom stereocenters. The monoisotopic (exact) mass is 227 g/mol. The van der Waals surface area contributed by atoms with Gasteiger partial charge in [-0.25, -0.2) is 0 Å². The topological polar surface area (TPSA) is 30.5 Å². The summed E-state index contributed by atoms with van der Waals surface area (Å²) in [5.74, 6) is 0.590. The van der Waals surface area contributed by atoms with Crippen molar-refractivity contribution in [2.45, 2.75) is 58.6 Å². The average Bonchev–Trinajstić information content (AvgIpc) is 2.12. The predicted molar refractivity (Wildman–Crippen MR) is 64.0 cm³/mol. The van der Waals surface area contributed by atoms with Gasteiger partial charge in [0.25, 0.3) is 0 Å². The Kier molecular flexibility index (Phi) is 3.88. The van der Waals surface area contributed by atoms with Crippen molar-refractivity contribution in [1.82, 2.24) is 5.48 Å². The Morgan fingerprint density at radius 3 is 2.62 bits per heavy atom. The first-order valence-electron chi connectivity index (χ1n) is 6.68. The van der Waals surface area contributed by atoms with Crippen molar-refractivity contribution in [1.29, 1.82) is 0 Å². The number of nitrogens with one attached hydrogen (secondary N) is 1. The lowest BCUT2D eigenvalue weighted by Gasteiger charge is -2.60. The minimum Gasteiger partial charge on any atom is -0.378 e. The first kappa shape index (κ1) is 12.3. The molecule has 0 aliphatic heterocycles. The van der Waals surface area contributed by atoms with Crippen LogP contribution in [0.3, 0.4) is 0 Å². The molecule has 3 heteroatoms. The molecule has 2 aliphatic rings. The Balaban J connectivity index is 1.75. The Bertz CT molecular complexity index is 226. The summed E-state index contributed by atoms with van der Waals surface area (Å²) in [6.45, 7) is 8.06. The van der Waals surface area contributed by atoms with E-state index in [2.05, 4.69) is 26.3 Å². The van der Waals surface area contributed by atoms with Crippen LogP contribution < -0.4 is 5.48 Å². The molecule has 0 radical (unpaired) electrons. The molecule has 94 valence electrons. The molecule has 16 heavy (non-hydrogen) atoms. The van der Waals surface area contributed by atoms with E-state index in [0.29, 0.717) is 23.5 Å². The molecular weight excluding hydrogens is 202 g/mol. The lowest BCUT2D eigenvalue weighted by molar-refractivity contribution is -0.204. The SMILES string of the molecule is CCOC1CC(NOCC(C)C)C12CCC2. The lowest BCUT2D eigenvalue weighted by Crippen LogP contribution is -2.66. The molecule has 0 saturated heterocycles. The van der Waals surface area contributed by atoms with E-state index in [1.165, 1.54) is 19.3 Å². The third-order valence-corrected chi connectivity index (χ3v) is 4.08. The van der Waals surface area contributed by atoms with Crippen molar-refractivity contribution in [3.63, 3.8) is 0 Å². The second-order valence-corrected chi connectivity index (χ2v) is 5.64. The van der Waals surface area contributed by atoms with Gasteiger partial charge in [0.15, 0.2) is 0 Å². The Hall–Kier alpha value is -0.120.